The van der Waals surface area contributed by atoms with Crippen molar-refractivity contribution in [2.75, 3.05) is 12.9 Å². The second-order valence-electron chi connectivity index (χ2n) is 3.87. The topological polar surface area (TPSA) is 69.7 Å². The SMILES string of the molecule is CC1=C(S(C)(=O)=O)[C@@H]2C=C(C=O)OC[C@@H]2O1. The zero-order valence-electron chi connectivity index (χ0n) is 8.97. The molecule has 0 bridgehead atoms. The number of allylic oxidation sites excluding steroid dienone is 2. The molecule has 0 radical (unpaired) electrons. The van der Waals surface area contributed by atoms with Gasteiger partial charge in [-0.3, -0.25) is 4.79 Å². The number of carbonyl (C=O) groups is 1. The maximum atomic E-state index is 11.6. The van der Waals surface area contributed by atoms with Gasteiger partial charge in [0, 0.05) is 6.26 Å². The minimum atomic E-state index is -3.32. The number of hydrogen-bond donors (Lipinski definition) is 0. The van der Waals surface area contributed by atoms with Crippen molar-refractivity contribution in [3.63, 3.8) is 0 Å². The summed E-state index contributed by atoms with van der Waals surface area (Å²) in [7, 11) is -3.32. The van der Waals surface area contributed by atoms with Crippen LogP contribution in [0.4, 0.5) is 0 Å². The van der Waals surface area contributed by atoms with Crippen LogP contribution in [0, 0.1) is 5.92 Å². The van der Waals surface area contributed by atoms with E-state index in [-0.39, 0.29) is 23.4 Å². The lowest BCUT2D eigenvalue weighted by molar-refractivity contribution is -0.109. The first kappa shape index (κ1) is 11.2. The van der Waals surface area contributed by atoms with Crippen LogP contribution < -0.4 is 0 Å². The number of fused-ring (bicyclic) bond motifs is 1. The van der Waals surface area contributed by atoms with Gasteiger partial charge in [0.2, 0.25) is 0 Å². The average molecular weight is 244 g/mol. The summed E-state index contributed by atoms with van der Waals surface area (Å²) < 4.78 is 33.7. The van der Waals surface area contributed by atoms with Crippen LogP contribution in [0.2, 0.25) is 0 Å². The summed E-state index contributed by atoms with van der Waals surface area (Å²) in [6.45, 7) is 1.81. The normalized spacial score (nSPS) is 29.0. The zero-order valence-corrected chi connectivity index (χ0v) is 9.78. The first-order valence-electron chi connectivity index (χ1n) is 4.80. The van der Waals surface area contributed by atoms with Crippen LogP contribution in [0.25, 0.3) is 0 Å². The third-order valence-electron chi connectivity index (χ3n) is 2.65. The smallest absolute Gasteiger partial charge is 0.184 e. The molecule has 2 aliphatic rings. The van der Waals surface area contributed by atoms with E-state index in [4.69, 9.17) is 9.47 Å². The van der Waals surface area contributed by atoms with Gasteiger partial charge in [-0.05, 0) is 13.0 Å². The summed E-state index contributed by atoms with van der Waals surface area (Å²) in [5.41, 5.74) is 0. The van der Waals surface area contributed by atoms with Gasteiger partial charge in [0.05, 0.1) is 10.8 Å². The van der Waals surface area contributed by atoms with E-state index >= 15 is 0 Å². The third kappa shape index (κ3) is 1.73. The molecule has 0 amide bonds. The number of ether oxygens (including phenoxy) is 2. The van der Waals surface area contributed by atoms with Gasteiger partial charge in [-0.25, -0.2) is 8.42 Å². The van der Waals surface area contributed by atoms with Crippen molar-refractivity contribution in [2.24, 2.45) is 5.92 Å². The maximum Gasteiger partial charge on any atom is 0.184 e. The van der Waals surface area contributed by atoms with E-state index in [1.807, 2.05) is 0 Å². The first-order valence-corrected chi connectivity index (χ1v) is 6.70. The maximum absolute atomic E-state index is 11.6. The average Bonchev–Trinajstić information content (AvgIpc) is 2.51. The molecule has 0 unspecified atom stereocenters. The molecular formula is C10H12O5S. The number of carbonyl (C=O) groups excluding carboxylic acids is 1. The van der Waals surface area contributed by atoms with E-state index in [9.17, 15) is 13.2 Å². The summed E-state index contributed by atoms with van der Waals surface area (Å²) >= 11 is 0. The molecule has 0 aromatic heterocycles. The highest BCUT2D eigenvalue weighted by Crippen LogP contribution is 2.38. The van der Waals surface area contributed by atoms with E-state index in [0.29, 0.717) is 12.0 Å². The Morgan fingerprint density at radius 3 is 2.75 bits per heavy atom. The Kier molecular flexibility index (Phi) is 2.53. The van der Waals surface area contributed by atoms with Crippen molar-refractivity contribution >= 4 is 16.1 Å². The van der Waals surface area contributed by atoms with Gasteiger partial charge in [-0.15, -0.1) is 0 Å². The fourth-order valence-corrected chi connectivity index (χ4v) is 3.35. The zero-order chi connectivity index (χ0) is 11.9. The minimum absolute atomic E-state index is 0.167. The lowest BCUT2D eigenvalue weighted by Gasteiger charge is -2.23. The second kappa shape index (κ2) is 3.62. The van der Waals surface area contributed by atoms with E-state index in [2.05, 4.69) is 0 Å². The Labute approximate surface area is 93.6 Å². The molecule has 0 spiro atoms. The molecule has 0 aliphatic carbocycles. The molecule has 0 saturated carbocycles. The lowest BCUT2D eigenvalue weighted by Crippen LogP contribution is -2.29. The third-order valence-corrected chi connectivity index (χ3v) is 4.01. The Bertz CT molecular complexity index is 485. The van der Waals surface area contributed by atoms with Crippen molar-refractivity contribution in [3.05, 3.63) is 22.5 Å². The number of sulfone groups is 1. The standard InChI is InChI=1S/C10H12O5S/c1-6-10(16(2,12)13)8-3-7(4-11)14-5-9(8)15-6/h3-4,8-9H,5H2,1-2H3/t8-,9+/m1/s1. The highest BCUT2D eigenvalue weighted by molar-refractivity contribution is 7.94. The second-order valence-corrected chi connectivity index (χ2v) is 5.86. The van der Waals surface area contributed by atoms with Gasteiger partial charge < -0.3 is 9.47 Å². The highest BCUT2D eigenvalue weighted by Gasteiger charge is 2.41. The van der Waals surface area contributed by atoms with Crippen LogP contribution in [0.3, 0.4) is 0 Å². The molecule has 0 fully saturated rings. The monoisotopic (exact) mass is 244 g/mol. The molecule has 16 heavy (non-hydrogen) atoms. The van der Waals surface area contributed by atoms with E-state index in [1.54, 1.807) is 6.92 Å². The summed E-state index contributed by atoms with van der Waals surface area (Å²) in [5, 5.41) is 0. The Morgan fingerprint density at radius 2 is 2.19 bits per heavy atom. The van der Waals surface area contributed by atoms with Crippen LogP contribution in [0.1, 0.15) is 6.92 Å². The molecule has 2 rings (SSSR count). The Hall–Kier alpha value is -1.30. The van der Waals surface area contributed by atoms with Gasteiger partial charge in [0.15, 0.2) is 21.9 Å². The molecule has 0 saturated heterocycles. The molecule has 88 valence electrons. The Balaban J connectivity index is 2.45. The quantitative estimate of drug-likeness (QED) is 0.657. The predicted octanol–water partition coefficient (Wildman–Crippen LogP) is 0.391. The van der Waals surface area contributed by atoms with Crippen molar-refractivity contribution < 1.29 is 22.7 Å². The fourth-order valence-electron chi connectivity index (χ4n) is 2.07. The molecule has 2 heterocycles. The number of aldehydes is 1. The van der Waals surface area contributed by atoms with Crippen LogP contribution >= 0.6 is 0 Å². The molecule has 2 aliphatic heterocycles. The summed E-state index contributed by atoms with van der Waals surface area (Å²) in [6, 6.07) is 0. The van der Waals surface area contributed by atoms with Crippen molar-refractivity contribution in [1.29, 1.82) is 0 Å². The molecular weight excluding hydrogens is 232 g/mol. The van der Waals surface area contributed by atoms with E-state index in [0.717, 1.165) is 6.26 Å². The van der Waals surface area contributed by atoms with Crippen LogP contribution in [-0.2, 0) is 24.1 Å². The minimum Gasteiger partial charge on any atom is -0.489 e. The van der Waals surface area contributed by atoms with E-state index in [1.165, 1.54) is 6.08 Å². The van der Waals surface area contributed by atoms with Crippen molar-refractivity contribution in [2.45, 2.75) is 13.0 Å². The predicted molar refractivity (Wildman–Crippen MR) is 56.0 cm³/mol. The summed E-state index contributed by atoms with van der Waals surface area (Å²) in [4.78, 5) is 10.8. The van der Waals surface area contributed by atoms with Crippen molar-refractivity contribution in [1.82, 2.24) is 0 Å². The van der Waals surface area contributed by atoms with Gasteiger partial charge in [-0.2, -0.15) is 0 Å². The first-order chi connectivity index (χ1) is 7.43. The van der Waals surface area contributed by atoms with Gasteiger partial charge in [0.1, 0.15) is 18.5 Å². The van der Waals surface area contributed by atoms with Gasteiger partial charge in [0.25, 0.3) is 0 Å². The molecule has 0 aromatic rings. The van der Waals surface area contributed by atoms with E-state index < -0.39 is 15.8 Å². The van der Waals surface area contributed by atoms with Crippen LogP contribution in [0.15, 0.2) is 22.5 Å². The van der Waals surface area contributed by atoms with Gasteiger partial charge >= 0.3 is 0 Å². The molecule has 6 heteroatoms. The van der Waals surface area contributed by atoms with Crippen LogP contribution in [-0.4, -0.2) is 33.7 Å². The van der Waals surface area contributed by atoms with Crippen LogP contribution in [0.5, 0.6) is 0 Å². The number of rotatable bonds is 2. The van der Waals surface area contributed by atoms with Crippen molar-refractivity contribution in [3.8, 4) is 0 Å². The molecule has 0 N–H and O–H groups in total. The highest BCUT2D eigenvalue weighted by atomic mass is 32.2. The molecule has 5 nitrogen and oxygen atoms in total. The van der Waals surface area contributed by atoms with Gasteiger partial charge in [-0.1, -0.05) is 0 Å². The molecule has 0 aromatic carbocycles. The fraction of sp³-hybridized carbons (Fsp3) is 0.500. The largest absolute Gasteiger partial charge is 0.489 e. The summed E-state index contributed by atoms with van der Waals surface area (Å²) in [6.07, 6.45) is 2.88. The lowest BCUT2D eigenvalue weighted by atomic mass is 10.0. The Morgan fingerprint density at radius 1 is 1.50 bits per heavy atom. The molecule has 2 atom stereocenters. The number of hydrogen-bond acceptors (Lipinski definition) is 5. The summed E-state index contributed by atoms with van der Waals surface area (Å²) in [5.74, 6) is 0.161.